The van der Waals surface area contributed by atoms with Crippen LogP contribution in [0.2, 0.25) is 0 Å². The lowest BCUT2D eigenvalue weighted by Gasteiger charge is -1.85. The third kappa shape index (κ3) is 1.65. The van der Waals surface area contributed by atoms with Crippen LogP contribution in [0.5, 0.6) is 0 Å². The van der Waals surface area contributed by atoms with Crippen LogP contribution in [-0.2, 0) is 0 Å². The molecule has 0 aliphatic carbocycles. The van der Waals surface area contributed by atoms with Gasteiger partial charge in [-0.1, -0.05) is 18.2 Å². The molecule has 0 radical (unpaired) electrons. The van der Waals surface area contributed by atoms with E-state index in [9.17, 15) is 0 Å². The van der Waals surface area contributed by atoms with E-state index in [-0.39, 0.29) is 0 Å². The van der Waals surface area contributed by atoms with Crippen molar-refractivity contribution in [2.24, 2.45) is 0 Å². The highest BCUT2D eigenvalue weighted by Crippen LogP contribution is 2.16. The first-order valence-electron chi connectivity index (χ1n) is 5.21. The van der Waals surface area contributed by atoms with E-state index >= 15 is 0 Å². The van der Waals surface area contributed by atoms with Crippen molar-refractivity contribution in [1.29, 1.82) is 0 Å². The maximum Gasteiger partial charge on any atom is 0.126 e. The summed E-state index contributed by atoms with van der Waals surface area (Å²) in [4.78, 5) is 3.33. The van der Waals surface area contributed by atoms with Crippen LogP contribution >= 0.6 is 0 Å². The molecule has 2 nitrogen and oxygen atoms in total. The van der Waals surface area contributed by atoms with Gasteiger partial charge < -0.3 is 9.40 Å². The summed E-state index contributed by atoms with van der Waals surface area (Å²) >= 11 is 0. The largest absolute Gasteiger partial charge is 0.465 e. The second-order valence-corrected chi connectivity index (χ2v) is 3.66. The Morgan fingerprint density at radius 2 is 1.94 bits per heavy atom. The van der Waals surface area contributed by atoms with Crippen LogP contribution < -0.4 is 0 Å². The molecule has 0 spiro atoms. The smallest absolute Gasteiger partial charge is 0.126 e. The first-order valence-corrected chi connectivity index (χ1v) is 5.21. The zero-order chi connectivity index (χ0) is 10.8. The van der Waals surface area contributed by atoms with E-state index in [1.54, 1.807) is 6.26 Å². The molecule has 0 atom stereocenters. The number of H-pyrrole nitrogens is 1. The summed E-state index contributed by atoms with van der Waals surface area (Å²) in [5, 5.41) is 1.22. The quantitative estimate of drug-likeness (QED) is 0.680. The maximum absolute atomic E-state index is 5.23. The fourth-order valence-electron chi connectivity index (χ4n) is 1.74. The fourth-order valence-corrected chi connectivity index (χ4v) is 1.74. The molecule has 0 unspecified atom stereocenters. The molecule has 0 bridgehead atoms. The highest BCUT2D eigenvalue weighted by molar-refractivity contribution is 5.84. The van der Waals surface area contributed by atoms with Gasteiger partial charge in [-0.15, -0.1) is 0 Å². The van der Waals surface area contributed by atoms with Crippen LogP contribution in [0.25, 0.3) is 23.1 Å². The van der Waals surface area contributed by atoms with E-state index in [4.69, 9.17) is 4.42 Å². The van der Waals surface area contributed by atoms with E-state index in [1.807, 2.05) is 36.4 Å². The molecule has 0 saturated heterocycles. The minimum absolute atomic E-state index is 0.860. The van der Waals surface area contributed by atoms with Crippen molar-refractivity contribution in [3.63, 3.8) is 0 Å². The molecule has 16 heavy (non-hydrogen) atoms. The van der Waals surface area contributed by atoms with Gasteiger partial charge in [0.25, 0.3) is 0 Å². The number of hydrogen-bond donors (Lipinski definition) is 1. The van der Waals surface area contributed by atoms with Crippen molar-refractivity contribution >= 4 is 23.1 Å². The number of aromatic nitrogens is 1. The van der Waals surface area contributed by atoms with Crippen LogP contribution in [0.4, 0.5) is 0 Å². The standard InChI is InChI=1S/C14H11NO/c1-2-6-14-11(4-1)10-12(15-14)7-8-13-5-3-9-16-13/h1-10,15H/b8-7+. The van der Waals surface area contributed by atoms with Gasteiger partial charge in [-0.05, 0) is 41.8 Å². The van der Waals surface area contributed by atoms with Crippen molar-refractivity contribution in [3.05, 3.63) is 60.2 Å². The molecule has 0 amide bonds. The molecule has 1 N–H and O–H groups in total. The Labute approximate surface area is 93.2 Å². The van der Waals surface area contributed by atoms with Crippen LogP contribution in [0, 0.1) is 0 Å². The second-order valence-electron chi connectivity index (χ2n) is 3.66. The van der Waals surface area contributed by atoms with E-state index in [0.717, 1.165) is 17.0 Å². The average molecular weight is 209 g/mol. The molecule has 2 aromatic heterocycles. The molecular formula is C14H11NO. The van der Waals surface area contributed by atoms with Crippen LogP contribution in [0.1, 0.15) is 11.5 Å². The van der Waals surface area contributed by atoms with Gasteiger partial charge in [0.2, 0.25) is 0 Å². The number of benzene rings is 1. The van der Waals surface area contributed by atoms with Crippen LogP contribution in [0.3, 0.4) is 0 Å². The first kappa shape index (κ1) is 9.04. The number of fused-ring (bicyclic) bond motifs is 1. The third-order valence-electron chi connectivity index (χ3n) is 2.52. The molecule has 78 valence electrons. The predicted octanol–water partition coefficient (Wildman–Crippen LogP) is 3.93. The molecule has 3 rings (SSSR count). The van der Waals surface area contributed by atoms with Gasteiger partial charge in [-0.25, -0.2) is 0 Å². The fraction of sp³-hybridized carbons (Fsp3) is 0. The lowest BCUT2D eigenvalue weighted by Crippen LogP contribution is -1.68. The van der Waals surface area contributed by atoms with Crippen molar-refractivity contribution in [1.82, 2.24) is 4.98 Å². The number of furan rings is 1. The van der Waals surface area contributed by atoms with Gasteiger partial charge in [-0.2, -0.15) is 0 Å². The lowest BCUT2D eigenvalue weighted by molar-refractivity contribution is 0.557. The Morgan fingerprint density at radius 1 is 1.00 bits per heavy atom. The molecule has 0 aliphatic rings. The summed E-state index contributed by atoms with van der Waals surface area (Å²) in [5.41, 5.74) is 2.24. The number of rotatable bonds is 2. The third-order valence-corrected chi connectivity index (χ3v) is 2.52. The van der Waals surface area contributed by atoms with Crippen molar-refractivity contribution in [2.45, 2.75) is 0 Å². The molecule has 2 heteroatoms. The molecule has 0 saturated carbocycles. The molecule has 0 fully saturated rings. The first-order chi connectivity index (χ1) is 7.92. The monoisotopic (exact) mass is 209 g/mol. The van der Waals surface area contributed by atoms with Gasteiger partial charge in [-0.3, -0.25) is 0 Å². The molecular weight excluding hydrogens is 198 g/mol. The van der Waals surface area contributed by atoms with Crippen LogP contribution in [-0.4, -0.2) is 4.98 Å². The summed E-state index contributed by atoms with van der Waals surface area (Å²) < 4.78 is 5.23. The van der Waals surface area contributed by atoms with Crippen LogP contribution in [0.15, 0.2) is 53.1 Å². The van der Waals surface area contributed by atoms with Crippen molar-refractivity contribution in [3.8, 4) is 0 Å². The SMILES string of the molecule is C(=C\c1ccco1)/c1cc2ccccc2[nH]1. The summed E-state index contributed by atoms with van der Waals surface area (Å²) in [5.74, 6) is 0.860. The molecule has 3 aromatic rings. The van der Waals surface area contributed by atoms with E-state index in [0.29, 0.717) is 0 Å². The van der Waals surface area contributed by atoms with E-state index < -0.39 is 0 Å². The van der Waals surface area contributed by atoms with Gasteiger partial charge in [0.05, 0.1) is 6.26 Å². The van der Waals surface area contributed by atoms with Gasteiger partial charge in [0, 0.05) is 11.2 Å². The van der Waals surface area contributed by atoms with Gasteiger partial charge in [0.1, 0.15) is 5.76 Å². The Bertz CT molecular complexity index is 584. The second kappa shape index (κ2) is 3.74. The van der Waals surface area contributed by atoms with Gasteiger partial charge >= 0.3 is 0 Å². The lowest BCUT2D eigenvalue weighted by atomic mass is 10.2. The minimum atomic E-state index is 0.860. The maximum atomic E-state index is 5.23. The average Bonchev–Trinajstić information content (AvgIpc) is 2.95. The summed E-state index contributed by atoms with van der Waals surface area (Å²) in [6.45, 7) is 0. The minimum Gasteiger partial charge on any atom is -0.465 e. The van der Waals surface area contributed by atoms with Crippen molar-refractivity contribution < 1.29 is 4.42 Å². The number of hydrogen-bond acceptors (Lipinski definition) is 1. The number of para-hydroxylation sites is 1. The Kier molecular flexibility index (Phi) is 2.11. The normalized spacial score (nSPS) is 11.5. The molecule has 0 aliphatic heterocycles. The molecule has 2 heterocycles. The topological polar surface area (TPSA) is 28.9 Å². The Morgan fingerprint density at radius 3 is 2.75 bits per heavy atom. The molecule has 1 aromatic carbocycles. The summed E-state index contributed by atoms with van der Waals surface area (Å²) in [6, 6.07) is 14.2. The van der Waals surface area contributed by atoms with Gasteiger partial charge in [0.15, 0.2) is 0 Å². The summed E-state index contributed by atoms with van der Waals surface area (Å²) in [7, 11) is 0. The highest BCUT2D eigenvalue weighted by Gasteiger charge is 1.96. The predicted molar refractivity (Wildman–Crippen MR) is 65.9 cm³/mol. The van der Waals surface area contributed by atoms with E-state index in [2.05, 4.69) is 23.2 Å². The zero-order valence-electron chi connectivity index (χ0n) is 8.68. The number of aromatic amines is 1. The van der Waals surface area contributed by atoms with Crippen molar-refractivity contribution in [2.75, 3.05) is 0 Å². The summed E-state index contributed by atoms with van der Waals surface area (Å²) in [6.07, 6.45) is 5.63. The highest BCUT2D eigenvalue weighted by atomic mass is 16.3. The Hall–Kier alpha value is -2.22. The Balaban J connectivity index is 1.95. The van der Waals surface area contributed by atoms with E-state index in [1.165, 1.54) is 5.39 Å². The zero-order valence-corrected chi connectivity index (χ0v) is 8.68. The number of nitrogens with one attached hydrogen (secondary N) is 1.